The molecule has 0 aromatic rings. The van der Waals surface area contributed by atoms with Crippen LogP contribution in [-0.4, -0.2) is 12.6 Å². The van der Waals surface area contributed by atoms with E-state index in [1.54, 1.807) is 0 Å². The molecule has 1 aliphatic carbocycles. The summed E-state index contributed by atoms with van der Waals surface area (Å²) in [4.78, 5) is 0. The van der Waals surface area contributed by atoms with Gasteiger partial charge in [0, 0.05) is 6.04 Å². The highest BCUT2D eigenvalue weighted by Crippen LogP contribution is 2.28. The molecular weight excluding hydrogens is 182 g/mol. The third-order valence-electron chi connectivity index (χ3n) is 3.75. The van der Waals surface area contributed by atoms with Crippen LogP contribution in [0.25, 0.3) is 0 Å². The van der Waals surface area contributed by atoms with E-state index < -0.39 is 0 Å². The van der Waals surface area contributed by atoms with Gasteiger partial charge in [-0.2, -0.15) is 0 Å². The SMILES string of the molecule is CCCCC(C)NCCCC1CCCC1. The van der Waals surface area contributed by atoms with E-state index in [0.29, 0.717) is 0 Å². The zero-order valence-electron chi connectivity index (χ0n) is 10.7. The van der Waals surface area contributed by atoms with Gasteiger partial charge in [0.05, 0.1) is 0 Å². The molecule has 1 nitrogen and oxygen atoms in total. The standard InChI is InChI=1S/C14H29N/c1-3-4-8-13(2)15-12-7-11-14-9-5-6-10-14/h13-15H,3-12H2,1-2H3. The van der Waals surface area contributed by atoms with Crippen molar-refractivity contribution in [2.45, 2.75) is 77.7 Å². The van der Waals surface area contributed by atoms with Crippen molar-refractivity contribution >= 4 is 0 Å². The number of hydrogen-bond donors (Lipinski definition) is 1. The maximum atomic E-state index is 3.64. The van der Waals surface area contributed by atoms with Crippen molar-refractivity contribution in [3.05, 3.63) is 0 Å². The van der Waals surface area contributed by atoms with Crippen LogP contribution in [-0.2, 0) is 0 Å². The molecule has 15 heavy (non-hydrogen) atoms. The summed E-state index contributed by atoms with van der Waals surface area (Å²) < 4.78 is 0. The van der Waals surface area contributed by atoms with E-state index >= 15 is 0 Å². The molecule has 1 unspecified atom stereocenters. The van der Waals surface area contributed by atoms with Crippen molar-refractivity contribution in [2.75, 3.05) is 6.54 Å². The third kappa shape index (κ3) is 6.19. The summed E-state index contributed by atoms with van der Waals surface area (Å²) in [6, 6.07) is 0.730. The Hall–Kier alpha value is -0.0400. The monoisotopic (exact) mass is 211 g/mol. The summed E-state index contributed by atoms with van der Waals surface area (Å²) in [6.45, 7) is 5.83. The molecule has 0 bridgehead atoms. The Kier molecular flexibility index (Phi) is 7.08. The van der Waals surface area contributed by atoms with Gasteiger partial charge >= 0.3 is 0 Å². The van der Waals surface area contributed by atoms with E-state index in [2.05, 4.69) is 19.2 Å². The fraction of sp³-hybridized carbons (Fsp3) is 1.00. The minimum atomic E-state index is 0.730. The average molecular weight is 211 g/mol. The number of rotatable bonds is 8. The largest absolute Gasteiger partial charge is 0.314 e. The van der Waals surface area contributed by atoms with Gasteiger partial charge in [-0.05, 0) is 38.6 Å². The number of unbranched alkanes of at least 4 members (excludes halogenated alkanes) is 1. The van der Waals surface area contributed by atoms with E-state index in [1.807, 2.05) is 0 Å². The average Bonchev–Trinajstić information content (AvgIpc) is 2.74. The maximum Gasteiger partial charge on any atom is 0.00387 e. The van der Waals surface area contributed by atoms with Crippen molar-refractivity contribution in [3.8, 4) is 0 Å². The molecule has 0 aliphatic heterocycles. The molecule has 0 aromatic carbocycles. The van der Waals surface area contributed by atoms with Gasteiger partial charge < -0.3 is 5.32 Å². The molecule has 1 aliphatic rings. The van der Waals surface area contributed by atoms with Gasteiger partial charge in [0.15, 0.2) is 0 Å². The summed E-state index contributed by atoms with van der Waals surface area (Å²) in [7, 11) is 0. The minimum Gasteiger partial charge on any atom is -0.314 e. The van der Waals surface area contributed by atoms with Crippen LogP contribution in [0.4, 0.5) is 0 Å². The molecule has 1 saturated carbocycles. The lowest BCUT2D eigenvalue weighted by Gasteiger charge is -2.14. The van der Waals surface area contributed by atoms with Crippen molar-refractivity contribution in [2.24, 2.45) is 5.92 Å². The Morgan fingerprint density at radius 2 is 1.93 bits per heavy atom. The zero-order chi connectivity index (χ0) is 10.9. The lowest BCUT2D eigenvalue weighted by molar-refractivity contribution is 0.439. The minimum absolute atomic E-state index is 0.730. The molecule has 1 heteroatoms. The van der Waals surface area contributed by atoms with Gasteiger partial charge in [0.2, 0.25) is 0 Å². The van der Waals surface area contributed by atoms with Crippen LogP contribution < -0.4 is 5.32 Å². The van der Waals surface area contributed by atoms with Crippen molar-refractivity contribution < 1.29 is 0 Å². The molecule has 0 spiro atoms. The van der Waals surface area contributed by atoms with Gasteiger partial charge in [-0.3, -0.25) is 0 Å². The summed E-state index contributed by atoms with van der Waals surface area (Å²) >= 11 is 0. The molecule has 1 rings (SSSR count). The lowest BCUT2D eigenvalue weighted by atomic mass is 10.0. The van der Waals surface area contributed by atoms with Crippen LogP contribution in [0.1, 0.15) is 71.6 Å². The highest BCUT2D eigenvalue weighted by atomic mass is 14.9. The van der Waals surface area contributed by atoms with Crippen LogP contribution in [0.2, 0.25) is 0 Å². The molecule has 1 N–H and O–H groups in total. The topological polar surface area (TPSA) is 12.0 Å². The van der Waals surface area contributed by atoms with Crippen molar-refractivity contribution in [3.63, 3.8) is 0 Å². The first-order valence-electron chi connectivity index (χ1n) is 7.06. The Bertz CT molecular complexity index is 138. The second-order valence-corrected chi connectivity index (χ2v) is 5.29. The van der Waals surface area contributed by atoms with Crippen LogP contribution in [0.15, 0.2) is 0 Å². The van der Waals surface area contributed by atoms with Crippen LogP contribution in [0.3, 0.4) is 0 Å². The van der Waals surface area contributed by atoms with Gasteiger partial charge in [-0.25, -0.2) is 0 Å². The van der Waals surface area contributed by atoms with Crippen LogP contribution >= 0.6 is 0 Å². The molecule has 1 fully saturated rings. The van der Waals surface area contributed by atoms with Gasteiger partial charge in [-0.1, -0.05) is 45.4 Å². The van der Waals surface area contributed by atoms with E-state index in [0.717, 1.165) is 12.0 Å². The van der Waals surface area contributed by atoms with Crippen LogP contribution in [0.5, 0.6) is 0 Å². The highest BCUT2D eigenvalue weighted by molar-refractivity contribution is 4.68. The Labute approximate surface area is 96.0 Å². The molecule has 0 saturated heterocycles. The Balaban J connectivity index is 1.87. The van der Waals surface area contributed by atoms with E-state index in [9.17, 15) is 0 Å². The van der Waals surface area contributed by atoms with E-state index in [4.69, 9.17) is 0 Å². The fourth-order valence-corrected chi connectivity index (χ4v) is 2.65. The normalized spacial score (nSPS) is 19.6. The van der Waals surface area contributed by atoms with Crippen LogP contribution in [0, 0.1) is 5.92 Å². The summed E-state index contributed by atoms with van der Waals surface area (Å²) in [5, 5.41) is 3.64. The quantitative estimate of drug-likeness (QED) is 0.595. The van der Waals surface area contributed by atoms with Gasteiger partial charge in [0.1, 0.15) is 0 Å². The van der Waals surface area contributed by atoms with E-state index in [-0.39, 0.29) is 0 Å². The van der Waals surface area contributed by atoms with E-state index in [1.165, 1.54) is 64.3 Å². The lowest BCUT2D eigenvalue weighted by Crippen LogP contribution is -2.27. The zero-order valence-corrected chi connectivity index (χ0v) is 10.7. The summed E-state index contributed by atoms with van der Waals surface area (Å²) in [5.41, 5.74) is 0. The molecule has 0 amide bonds. The molecule has 1 atom stereocenters. The predicted octanol–water partition coefficient (Wildman–Crippen LogP) is 4.13. The first-order valence-corrected chi connectivity index (χ1v) is 7.06. The number of nitrogens with one attached hydrogen (secondary N) is 1. The molecule has 0 heterocycles. The number of hydrogen-bond acceptors (Lipinski definition) is 1. The molecule has 90 valence electrons. The van der Waals surface area contributed by atoms with Gasteiger partial charge in [0.25, 0.3) is 0 Å². The summed E-state index contributed by atoms with van der Waals surface area (Å²) in [6.07, 6.45) is 12.9. The predicted molar refractivity (Wildman–Crippen MR) is 68.2 cm³/mol. The Morgan fingerprint density at radius 3 is 2.60 bits per heavy atom. The van der Waals surface area contributed by atoms with Crippen molar-refractivity contribution in [1.29, 1.82) is 0 Å². The second-order valence-electron chi connectivity index (χ2n) is 5.29. The van der Waals surface area contributed by atoms with Gasteiger partial charge in [-0.15, -0.1) is 0 Å². The summed E-state index contributed by atoms with van der Waals surface area (Å²) in [5.74, 6) is 1.07. The smallest absolute Gasteiger partial charge is 0.00387 e. The maximum absolute atomic E-state index is 3.64. The second kappa shape index (κ2) is 8.15. The Morgan fingerprint density at radius 1 is 1.20 bits per heavy atom. The third-order valence-corrected chi connectivity index (χ3v) is 3.75. The molecule has 0 aromatic heterocycles. The molecular formula is C14H29N. The fourth-order valence-electron chi connectivity index (χ4n) is 2.65. The highest BCUT2D eigenvalue weighted by Gasteiger charge is 2.13. The molecule has 0 radical (unpaired) electrons. The van der Waals surface area contributed by atoms with Crippen molar-refractivity contribution in [1.82, 2.24) is 5.32 Å². The first kappa shape index (κ1) is 13.0. The first-order chi connectivity index (χ1) is 7.33.